The molecule has 2 aromatic heterocycles. The molecule has 0 saturated heterocycles. The lowest BCUT2D eigenvalue weighted by Gasteiger charge is -2.30. The topological polar surface area (TPSA) is 67.1 Å². The van der Waals surface area contributed by atoms with Crippen molar-refractivity contribution in [1.29, 1.82) is 0 Å². The molecule has 1 aromatic carbocycles. The Morgan fingerprint density at radius 2 is 2.13 bits per heavy atom. The number of aryl methyl sites for hydroxylation is 1. The van der Waals surface area contributed by atoms with Crippen LogP contribution in [0.2, 0.25) is 0 Å². The number of anilines is 3. The molecule has 0 saturated carbocycles. The summed E-state index contributed by atoms with van der Waals surface area (Å²) in [6.45, 7) is 1.47. The number of aromatic nitrogens is 3. The van der Waals surface area contributed by atoms with Crippen LogP contribution >= 0.6 is 0 Å². The number of rotatable bonds is 4. The SMILES string of the molecule is c1coc(CNc2nncc(N3CCCc4ccccc43)n2)c1. The zero-order chi connectivity index (χ0) is 15.5. The Labute approximate surface area is 134 Å². The van der Waals surface area contributed by atoms with Crippen LogP contribution in [0, 0.1) is 0 Å². The summed E-state index contributed by atoms with van der Waals surface area (Å²) in [7, 11) is 0. The normalized spacial score (nSPS) is 13.7. The molecule has 6 heteroatoms. The Kier molecular flexibility index (Phi) is 3.63. The minimum atomic E-state index is 0.502. The van der Waals surface area contributed by atoms with Gasteiger partial charge >= 0.3 is 0 Å². The predicted molar refractivity (Wildman–Crippen MR) is 87.6 cm³/mol. The highest BCUT2D eigenvalue weighted by molar-refractivity contribution is 5.65. The van der Waals surface area contributed by atoms with Gasteiger partial charge in [-0.15, -0.1) is 5.10 Å². The van der Waals surface area contributed by atoms with E-state index in [9.17, 15) is 0 Å². The van der Waals surface area contributed by atoms with Crippen LogP contribution in [0.25, 0.3) is 0 Å². The van der Waals surface area contributed by atoms with Crippen LogP contribution < -0.4 is 10.2 Å². The van der Waals surface area contributed by atoms with Crippen LogP contribution in [0.4, 0.5) is 17.5 Å². The Morgan fingerprint density at radius 1 is 1.17 bits per heavy atom. The first-order valence-corrected chi connectivity index (χ1v) is 7.71. The van der Waals surface area contributed by atoms with Crippen molar-refractivity contribution in [2.45, 2.75) is 19.4 Å². The number of fused-ring (bicyclic) bond motifs is 1. The number of hydrogen-bond donors (Lipinski definition) is 1. The van der Waals surface area contributed by atoms with E-state index in [1.54, 1.807) is 12.5 Å². The Bertz CT molecular complexity index is 787. The second kappa shape index (κ2) is 6.08. The van der Waals surface area contributed by atoms with Gasteiger partial charge in [0.2, 0.25) is 5.95 Å². The zero-order valence-corrected chi connectivity index (χ0v) is 12.6. The van der Waals surface area contributed by atoms with E-state index in [0.717, 1.165) is 31.0 Å². The van der Waals surface area contributed by atoms with Crippen LogP contribution in [-0.2, 0) is 13.0 Å². The molecule has 4 rings (SSSR count). The van der Waals surface area contributed by atoms with Crippen molar-refractivity contribution in [3.05, 3.63) is 60.2 Å². The summed E-state index contributed by atoms with van der Waals surface area (Å²) in [5, 5.41) is 11.3. The lowest BCUT2D eigenvalue weighted by molar-refractivity contribution is 0.517. The maximum absolute atomic E-state index is 5.30. The molecule has 23 heavy (non-hydrogen) atoms. The zero-order valence-electron chi connectivity index (χ0n) is 12.6. The molecule has 1 N–H and O–H groups in total. The lowest BCUT2D eigenvalue weighted by Crippen LogP contribution is -2.25. The van der Waals surface area contributed by atoms with Crippen LogP contribution in [0.15, 0.2) is 53.3 Å². The number of furan rings is 1. The van der Waals surface area contributed by atoms with Gasteiger partial charge in [0.1, 0.15) is 5.76 Å². The average molecular weight is 307 g/mol. The van der Waals surface area contributed by atoms with E-state index in [-0.39, 0.29) is 0 Å². The van der Waals surface area contributed by atoms with E-state index >= 15 is 0 Å². The molecular weight excluding hydrogens is 290 g/mol. The monoisotopic (exact) mass is 307 g/mol. The number of hydrogen-bond acceptors (Lipinski definition) is 6. The number of nitrogens with zero attached hydrogens (tertiary/aromatic N) is 4. The first-order chi connectivity index (χ1) is 11.4. The minimum absolute atomic E-state index is 0.502. The van der Waals surface area contributed by atoms with Crippen LogP contribution in [0.5, 0.6) is 0 Å². The molecule has 0 bridgehead atoms. The van der Waals surface area contributed by atoms with Crippen molar-refractivity contribution >= 4 is 17.5 Å². The summed E-state index contributed by atoms with van der Waals surface area (Å²) in [4.78, 5) is 6.79. The van der Waals surface area contributed by atoms with Crippen molar-refractivity contribution in [2.24, 2.45) is 0 Å². The maximum atomic E-state index is 5.30. The van der Waals surface area contributed by atoms with Crippen molar-refractivity contribution < 1.29 is 4.42 Å². The van der Waals surface area contributed by atoms with Gasteiger partial charge in [-0.05, 0) is 36.6 Å². The molecule has 1 aliphatic rings. The molecule has 3 aromatic rings. The van der Waals surface area contributed by atoms with Gasteiger partial charge in [0, 0.05) is 12.2 Å². The number of nitrogens with one attached hydrogen (secondary N) is 1. The predicted octanol–water partition coefficient (Wildman–Crippen LogP) is 3.16. The fraction of sp³-hybridized carbons (Fsp3) is 0.235. The van der Waals surface area contributed by atoms with Crippen LogP contribution in [0.3, 0.4) is 0 Å². The van der Waals surface area contributed by atoms with Gasteiger partial charge < -0.3 is 14.6 Å². The molecule has 0 atom stereocenters. The van der Waals surface area contributed by atoms with E-state index in [2.05, 4.69) is 49.7 Å². The Hall–Kier alpha value is -2.89. The Balaban J connectivity index is 1.57. The van der Waals surface area contributed by atoms with Crippen LogP contribution in [-0.4, -0.2) is 21.7 Å². The van der Waals surface area contributed by atoms with E-state index in [0.29, 0.717) is 12.5 Å². The molecule has 3 heterocycles. The first kappa shape index (κ1) is 13.8. The van der Waals surface area contributed by atoms with Gasteiger partial charge in [0.15, 0.2) is 5.82 Å². The van der Waals surface area contributed by atoms with Gasteiger partial charge in [-0.3, -0.25) is 0 Å². The second-order valence-electron chi connectivity index (χ2n) is 5.45. The molecule has 6 nitrogen and oxygen atoms in total. The Morgan fingerprint density at radius 3 is 3.04 bits per heavy atom. The first-order valence-electron chi connectivity index (χ1n) is 7.71. The lowest BCUT2D eigenvalue weighted by atomic mass is 10.0. The largest absolute Gasteiger partial charge is 0.467 e. The average Bonchev–Trinajstić information content (AvgIpc) is 3.13. The minimum Gasteiger partial charge on any atom is -0.467 e. The molecule has 0 aliphatic carbocycles. The van der Waals surface area contributed by atoms with Crippen LogP contribution in [0.1, 0.15) is 17.7 Å². The summed E-state index contributed by atoms with van der Waals surface area (Å²) in [6.07, 6.45) is 5.57. The summed E-state index contributed by atoms with van der Waals surface area (Å²) >= 11 is 0. The third-order valence-electron chi connectivity index (χ3n) is 3.93. The van der Waals surface area contributed by atoms with Gasteiger partial charge in [-0.2, -0.15) is 10.1 Å². The molecule has 0 amide bonds. The summed E-state index contributed by atoms with van der Waals surface area (Å²) in [5.41, 5.74) is 2.55. The molecule has 0 fully saturated rings. The molecule has 1 aliphatic heterocycles. The molecule has 0 spiro atoms. The smallest absolute Gasteiger partial charge is 0.245 e. The fourth-order valence-corrected chi connectivity index (χ4v) is 2.85. The van der Waals surface area contributed by atoms with Gasteiger partial charge in [-0.25, -0.2) is 0 Å². The molecular formula is C17H17N5O. The van der Waals surface area contributed by atoms with E-state index in [4.69, 9.17) is 4.42 Å². The quantitative estimate of drug-likeness (QED) is 0.798. The third-order valence-corrected chi connectivity index (χ3v) is 3.93. The van der Waals surface area contributed by atoms with E-state index in [1.165, 1.54) is 11.3 Å². The molecule has 116 valence electrons. The molecule has 0 radical (unpaired) electrons. The highest BCUT2D eigenvalue weighted by atomic mass is 16.3. The maximum Gasteiger partial charge on any atom is 0.245 e. The van der Waals surface area contributed by atoms with Crippen molar-refractivity contribution in [3.63, 3.8) is 0 Å². The fourth-order valence-electron chi connectivity index (χ4n) is 2.85. The summed E-state index contributed by atoms with van der Waals surface area (Å²) in [6, 6.07) is 12.2. The molecule has 0 unspecified atom stereocenters. The van der Waals surface area contributed by atoms with E-state index < -0.39 is 0 Å². The van der Waals surface area contributed by atoms with Gasteiger partial charge in [0.25, 0.3) is 0 Å². The number of para-hydroxylation sites is 1. The number of benzene rings is 1. The standard InChI is InChI=1S/C17H17N5O/c1-2-8-15-13(5-1)6-3-9-22(15)16-12-19-21-17(20-16)18-11-14-7-4-10-23-14/h1-2,4-5,7-8,10,12H,3,6,9,11H2,(H,18,20,21). The van der Waals surface area contributed by atoms with Crippen molar-refractivity contribution in [2.75, 3.05) is 16.8 Å². The highest BCUT2D eigenvalue weighted by Gasteiger charge is 2.19. The van der Waals surface area contributed by atoms with Gasteiger partial charge in [0.05, 0.1) is 19.0 Å². The third kappa shape index (κ3) is 2.88. The van der Waals surface area contributed by atoms with Gasteiger partial charge in [-0.1, -0.05) is 18.2 Å². The summed E-state index contributed by atoms with van der Waals surface area (Å²) < 4.78 is 5.30. The van der Waals surface area contributed by atoms with Crippen molar-refractivity contribution in [3.8, 4) is 0 Å². The van der Waals surface area contributed by atoms with Crippen molar-refractivity contribution in [1.82, 2.24) is 15.2 Å². The summed E-state index contributed by atoms with van der Waals surface area (Å²) in [5.74, 6) is 2.15. The highest BCUT2D eigenvalue weighted by Crippen LogP contribution is 2.31. The second-order valence-corrected chi connectivity index (χ2v) is 5.45. The van der Waals surface area contributed by atoms with E-state index in [1.807, 2.05) is 12.1 Å².